The van der Waals surface area contributed by atoms with Gasteiger partial charge in [0, 0.05) is 18.7 Å². The van der Waals surface area contributed by atoms with Crippen molar-refractivity contribution in [2.45, 2.75) is 37.8 Å². The molecule has 7 heteroatoms. The van der Waals surface area contributed by atoms with Gasteiger partial charge in [-0.05, 0) is 48.4 Å². The number of hydrogen-bond acceptors (Lipinski definition) is 6. The standard InChI is InChI=1S/C21H24N2O5/c1-26-20-7-4-14(11-22-20)21(15-9-16(24)10-15)23-19(25)6-3-13-2-5-17-18(8-13)28-12-27-17/h2,4-5,7-8,11,15-16,21,24H,3,6,9-10,12H2,1H3,(H,23,25)/t15?,16?,21-/m1/s1. The van der Waals surface area contributed by atoms with E-state index in [-0.39, 0.29) is 30.8 Å². The van der Waals surface area contributed by atoms with E-state index >= 15 is 0 Å². The molecule has 0 unspecified atom stereocenters. The number of pyridine rings is 1. The number of benzene rings is 1. The zero-order chi connectivity index (χ0) is 19.5. The number of rotatable bonds is 7. The monoisotopic (exact) mass is 384 g/mol. The maximum Gasteiger partial charge on any atom is 0.231 e. The number of aliphatic hydroxyl groups is 1. The molecule has 7 nitrogen and oxygen atoms in total. The van der Waals surface area contributed by atoms with E-state index in [1.807, 2.05) is 24.3 Å². The molecule has 2 aromatic rings. The van der Waals surface area contributed by atoms with Crippen LogP contribution in [-0.2, 0) is 11.2 Å². The third kappa shape index (κ3) is 4.04. The SMILES string of the molecule is COc1ccc([C@@H](NC(=O)CCc2ccc3c(c2)OCO3)C2CC(O)C2)cn1. The van der Waals surface area contributed by atoms with Crippen molar-refractivity contribution in [1.29, 1.82) is 0 Å². The number of aromatic nitrogens is 1. The highest BCUT2D eigenvalue weighted by Gasteiger charge is 2.35. The van der Waals surface area contributed by atoms with Gasteiger partial charge in [-0.15, -0.1) is 0 Å². The summed E-state index contributed by atoms with van der Waals surface area (Å²) >= 11 is 0. The topological polar surface area (TPSA) is 89.9 Å². The number of hydrogen-bond donors (Lipinski definition) is 2. The van der Waals surface area contributed by atoms with Gasteiger partial charge >= 0.3 is 0 Å². The van der Waals surface area contributed by atoms with Crippen molar-refractivity contribution < 1.29 is 24.1 Å². The second-order valence-electron chi connectivity index (χ2n) is 7.25. The van der Waals surface area contributed by atoms with E-state index in [0.717, 1.165) is 22.6 Å². The molecule has 2 heterocycles. The van der Waals surface area contributed by atoms with Crippen LogP contribution in [0.3, 0.4) is 0 Å². The molecule has 2 aliphatic rings. The molecule has 148 valence electrons. The number of methoxy groups -OCH3 is 1. The lowest BCUT2D eigenvalue weighted by atomic mass is 9.75. The number of aliphatic hydroxyl groups excluding tert-OH is 1. The molecule has 1 fully saturated rings. The summed E-state index contributed by atoms with van der Waals surface area (Å²) in [6.07, 6.45) is 3.78. The normalized spacial score (nSPS) is 20.9. The van der Waals surface area contributed by atoms with Gasteiger partial charge in [-0.1, -0.05) is 12.1 Å². The van der Waals surface area contributed by atoms with Gasteiger partial charge in [0.2, 0.25) is 18.6 Å². The van der Waals surface area contributed by atoms with Crippen LogP contribution in [0.15, 0.2) is 36.5 Å². The number of ether oxygens (including phenoxy) is 3. The van der Waals surface area contributed by atoms with Gasteiger partial charge in [0.25, 0.3) is 0 Å². The molecule has 0 bridgehead atoms. The third-order valence-corrected chi connectivity index (χ3v) is 5.34. The van der Waals surface area contributed by atoms with E-state index in [1.165, 1.54) is 0 Å². The van der Waals surface area contributed by atoms with E-state index in [9.17, 15) is 9.90 Å². The molecule has 0 saturated heterocycles. The summed E-state index contributed by atoms with van der Waals surface area (Å²) < 4.78 is 15.8. The van der Waals surface area contributed by atoms with E-state index in [2.05, 4.69) is 10.3 Å². The molecule has 0 radical (unpaired) electrons. The fourth-order valence-corrected chi connectivity index (χ4v) is 3.67. The average molecular weight is 384 g/mol. The molecule has 2 N–H and O–H groups in total. The van der Waals surface area contributed by atoms with Crippen LogP contribution in [-0.4, -0.2) is 36.0 Å². The summed E-state index contributed by atoms with van der Waals surface area (Å²) in [6, 6.07) is 9.29. The van der Waals surface area contributed by atoms with E-state index in [0.29, 0.717) is 31.6 Å². The van der Waals surface area contributed by atoms with Crippen molar-refractivity contribution in [2.24, 2.45) is 5.92 Å². The quantitative estimate of drug-likeness (QED) is 0.762. The number of aryl methyl sites for hydroxylation is 1. The Labute approximate surface area is 163 Å². The Balaban J connectivity index is 1.39. The minimum atomic E-state index is -0.288. The van der Waals surface area contributed by atoms with Crippen LogP contribution in [0.4, 0.5) is 0 Å². The Morgan fingerprint density at radius 2 is 2.11 bits per heavy atom. The Hall–Kier alpha value is -2.80. The predicted molar refractivity (Wildman–Crippen MR) is 101 cm³/mol. The van der Waals surface area contributed by atoms with Gasteiger partial charge < -0.3 is 24.6 Å². The molecule has 28 heavy (non-hydrogen) atoms. The summed E-state index contributed by atoms with van der Waals surface area (Å²) in [5, 5.41) is 12.8. The fourth-order valence-electron chi connectivity index (χ4n) is 3.67. The lowest BCUT2D eigenvalue weighted by molar-refractivity contribution is -0.123. The van der Waals surface area contributed by atoms with Gasteiger partial charge in [0.1, 0.15) is 0 Å². The average Bonchev–Trinajstić information content (AvgIpc) is 3.16. The number of carbonyl (C=O) groups is 1. The van der Waals surface area contributed by atoms with E-state index in [1.54, 1.807) is 19.4 Å². The summed E-state index contributed by atoms with van der Waals surface area (Å²) in [4.78, 5) is 16.9. The van der Waals surface area contributed by atoms with Crippen molar-refractivity contribution in [3.63, 3.8) is 0 Å². The van der Waals surface area contributed by atoms with Gasteiger partial charge in [-0.3, -0.25) is 4.79 Å². The Kier molecular flexibility index (Phi) is 5.34. The zero-order valence-electron chi connectivity index (χ0n) is 15.8. The first-order valence-electron chi connectivity index (χ1n) is 9.48. The largest absolute Gasteiger partial charge is 0.481 e. The molecular formula is C21H24N2O5. The molecule has 1 aliphatic carbocycles. The molecule has 1 atom stereocenters. The highest BCUT2D eigenvalue weighted by molar-refractivity contribution is 5.76. The molecule has 1 aromatic heterocycles. The summed E-state index contributed by atoms with van der Waals surface area (Å²) in [6.45, 7) is 0.240. The molecular weight excluding hydrogens is 360 g/mol. The second-order valence-corrected chi connectivity index (χ2v) is 7.25. The van der Waals surface area contributed by atoms with Crippen LogP contribution in [0.5, 0.6) is 17.4 Å². The van der Waals surface area contributed by atoms with E-state index < -0.39 is 0 Å². The Morgan fingerprint density at radius 3 is 2.82 bits per heavy atom. The summed E-state index contributed by atoms with van der Waals surface area (Å²) in [5.41, 5.74) is 1.95. The van der Waals surface area contributed by atoms with Crippen LogP contribution in [0.2, 0.25) is 0 Å². The minimum Gasteiger partial charge on any atom is -0.481 e. The molecule has 4 rings (SSSR count). The van der Waals surface area contributed by atoms with Gasteiger partial charge in [0.15, 0.2) is 11.5 Å². The highest BCUT2D eigenvalue weighted by Crippen LogP contribution is 2.38. The molecule has 1 saturated carbocycles. The van der Waals surface area contributed by atoms with Crippen LogP contribution in [0.25, 0.3) is 0 Å². The highest BCUT2D eigenvalue weighted by atomic mass is 16.7. The van der Waals surface area contributed by atoms with Crippen molar-refractivity contribution in [1.82, 2.24) is 10.3 Å². The number of amides is 1. The van der Waals surface area contributed by atoms with Crippen LogP contribution in [0, 0.1) is 5.92 Å². The number of carbonyl (C=O) groups excluding carboxylic acids is 1. The van der Waals surface area contributed by atoms with Crippen LogP contribution < -0.4 is 19.5 Å². The van der Waals surface area contributed by atoms with Gasteiger partial charge in [0.05, 0.1) is 19.3 Å². The lowest BCUT2D eigenvalue weighted by Gasteiger charge is -2.38. The lowest BCUT2D eigenvalue weighted by Crippen LogP contribution is -2.41. The van der Waals surface area contributed by atoms with Crippen molar-refractivity contribution >= 4 is 5.91 Å². The molecule has 0 spiro atoms. The fraction of sp³-hybridized carbons (Fsp3) is 0.429. The maximum absolute atomic E-state index is 12.6. The first-order chi connectivity index (χ1) is 13.6. The summed E-state index contributed by atoms with van der Waals surface area (Å²) in [5.74, 6) is 2.18. The molecule has 1 aliphatic heterocycles. The Morgan fingerprint density at radius 1 is 1.29 bits per heavy atom. The van der Waals surface area contributed by atoms with Crippen LogP contribution >= 0.6 is 0 Å². The summed E-state index contributed by atoms with van der Waals surface area (Å²) in [7, 11) is 1.57. The van der Waals surface area contributed by atoms with Crippen molar-refractivity contribution in [3.05, 3.63) is 47.7 Å². The zero-order valence-corrected chi connectivity index (χ0v) is 15.8. The van der Waals surface area contributed by atoms with Gasteiger partial charge in [-0.2, -0.15) is 0 Å². The Bertz CT molecular complexity index is 833. The number of nitrogens with zero attached hydrogens (tertiary/aromatic N) is 1. The van der Waals surface area contributed by atoms with Crippen molar-refractivity contribution in [2.75, 3.05) is 13.9 Å². The minimum absolute atomic E-state index is 0.0279. The van der Waals surface area contributed by atoms with Crippen LogP contribution in [0.1, 0.15) is 36.4 Å². The van der Waals surface area contributed by atoms with Crippen molar-refractivity contribution in [3.8, 4) is 17.4 Å². The number of nitrogens with one attached hydrogen (secondary N) is 1. The molecule has 1 aromatic carbocycles. The van der Waals surface area contributed by atoms with E-state index in [4.69, 9.17) is 14.2 Å². The molecule has 1 amide bonds. The first-order valence-corrected chi connectivity index (χ1v) is 9.48. The smallest absolute Gasteiger partial charge is 0.231 e. The first kappa shape index (κ1) is 18.6. The third-order valence-electron chi connectivity index (χ3n) is 5.34. The predicted octanol–water partition coefficient (Wildman–Crippen LogP) is 2.38. The van der Waals surface area contributed by atoms with Gasteiger partial charge in [-0.25, -0.2) is 4.98 Å². The number of fused-ring (bicyclic) bond motifs is 1. The second kappa shape index (κ2) is 8.06. The maximum atomic E-state index is 12.6.